The van der Waals surface area contributed by atoms with Crippen LogP contribution in [0.4, 0.5) is 5.69 Å². The number of carbonyl (C=O) groups excluding carboxylic acids is 1. The number of nitrogens with one attached hydrogen (secondary N) is 1. The molecule has 1 amide bonds. The van der Waals surface area contributed by atoms with Crippen molar-refractivity contribution in [3.63, 3.8) is 0 Å². The second-order valence-electron chi connectivity index (χ2n) is 5.18. The third-order valence-electron chi connectivity index (χ3n) is 3.64. The van der Waals surface area contributed by atoms with E-state index in [1.807, 2.05) is 30.3 Å². The maximum Gasteiger partial charge on any atom is 0.264 e. The number of amides is 1. The quantitative estimate of drug-likeness (QED) is 0.921. The van der Waals surface area contributed by atoms with Crippen molar-refractivity contribution in [2.24, 2.45) is 0 Å². The number of hydrogen-bond donors (Lipinski definition) is 1. The molecular weight excluding hydrogens is 316 g/mol. The molecule has 1 aliphatic heterocycles. The molecule has 0 atom stereocenters. The Bertz CT molecular complexity index is 834. The number of nitrogens with zero attached hydrogens (tertiary/aromatic N) is 1. The summed E-state index contributed by atoms with van der Waals surface area (Å²) >= 11 is 0. The van der Waals surface area contributed by atoms with Gasteiger partial charge < -0.3 is 9.64 Å². The van der Waals surface area contributed by atoms with Crippen molar-refractivity contribution in [3.05, 3.63) is 54.1 Å². The van der Waals surface area contributed by atoms with E-state index in [-0.39, 0.29) is 24.0 Å². The summed E-state index contributed by atoms with van der Waals surface area (Å²) in [5.41, 5.74) is 1.31. The Morgan fingerprint density at radius 3 is 2.65 bits per heavy atom. The second-order valence-corrected chi connectivity index (χ2v) is 6.95. The van der Waals surface area contributed by atoms with E-state index < -0.39 is 10.0 Å². The van der Waals surface area contributed by atoms with Crippen molar-refractivity contribution in [2.75, 3.05) is 18.6 Å². The maximum atomic E-state index is 12.4. The summed E-state index contributed by atoms with van der Waals surface area (Å²) in [6.45, 7) is 0.160. The lowest BCUT2D eigenvalue weighted by atomic mass is 10.2. The van der Waals surface area contributed by atoms with Crippen molar-refractivity contribution in [3.8, 4) is 5.75 Å². The van der Waals surface area contributed by atoms with Gasteiger partial charge in [0, 0.05) is 13.6 Å². The molecule has 3 rings (SSSR count). The van der Waals surface area contributed by atoms with Gasteiger partial charge in [0.15, 0.2) is 6.61 Å². The molecule has 0 radical (unpaired) electrons. The lowest BCUT2D eigenvalue weighted by Crippen LogP contribution is -2.35. The minimum atomic E-state index is -3.68. The first-order chi connectivity index (χ1) is 11.0. The highest BCUT2D eigenvalue weighted by atomic mass is 32.2. The van der Waals surface area contributed by atoms with Crippen LogP contribution in [0.5, 0.6) is 5.75 Å². The number of carbonyl (C=O) groups is 1. The fourth-order valence-corrected chi connectivity index (χ4v) is 3.31. The molecule has 0 spiro atoms. The van der Waals surface area contributed by atoms with Crippen LogP contribution in [0.25, 0.3) is 0 Å². The van der Waals surface area contributed by atoms with Crippen LogP contribution >= 0.6 is 0 Å². The van der Waals surface area contributed by atoms with Gasteiger partial charge in [-0.25, -0.2) is 13.1 Å². The van der Waals surface area contributed by atoms with E-state index in [1.165, 1.54) is 17.0 Å². The Labute approximate surface area is 134 Å². The molecule has 2 aromatic carbocycles. The zero-order valence-electron chi connectivity index (χ0n) is 12.5. The van der Waals surface area contributed by atoms with Crippen LogP contribution in [0.2, 0.25) is 0 Å². The molecule has 0 bridgehead atoms. The van der Waals surface area contributed by atoms with Crippen molar-refractivity contribution >= 4 is 21.6 Å². The summed E-state index contributed by atoms with van der Waals surface area (Å²) in [6, 6.07) is 13.7. The molecule has 23 heavy (non-hydrogen) atoms. The van der Waals surface area contributed by atoms with E-state index in [1.54, 1.807) is 13.1 Å². The van der Waals surface area contributed by atoms with E-state index >= 15 is 0 Å². The fourth-order valence-electron chi connectivity index (χ4n) is 2.28. The topological polar surface area (TPSA) is 75.7 Å². The number of anilines is 1. The Morgan fingerprint density at radius 2 is 1.91 bits per heavy atom. The van der Waals surface area contributed by atoms with Crippen LogP contribution in [0.15, 0.2) is 53.4 Å². The van der Waals surface area contributed by atoms with Crippen molar-refractivity contribution in [2.45, 2.75) is 11.4 Å². The van der Waals surface area contributed by atoms with Gasteiger partial charge in [0.2, 0.25) is 10.0 Å². The van der Waals surface area contributed by atoms with Gasteiger partial charge in [-0.3, -0.25) is 4.79 Å². The number of benzene rings is 2. The third kappa shape index (κ3) is 3.20. The SMILES string of the molecule is CN1C(=O)COc2ccc(S(=O)(=O)NCc3ccccc3)cc21. The molecule has 2 aromatic rings. The highest BCUT2D eigenvalue weighted by Crippen LogP contribution is 2.33. The first kappa shape index (κ1) is 15.5. The van der Waals surface area contributed by atoms with E-state index in [4.69, 9.17) is 4.74 Å². The van der Waals surface area contributed by atoms with Crippen LogP contribution in [0.1, 0.15) is 5.56 Å². The summed E-state index contributed by atoms with van der Waals surface area (Å²) in [5, 5.41) is 0. The summed E-state index contributed by atoms with van der Waals surface area (Å²) in [5.74, 6) is 0.276. The fraction of sp³-hybridized carbons (Fsp3) is 0.188. The number of fused-ring (bicyclic) bond motifs is 1. The van der Waals surface area contributed by atoms with E-state index in [0.717, 1.165) is 5.56 Å². The van der Waals surface area contributed by atoms with Gasteiger partial charge in [-0.1, -0.05) is 30.3 Å². The predicted molar refractivity (Wildman–Crippen MR) is 85.8 cm³/mol. The molecule has 0 saturated carbocycles. The zero-order chi connectivity index (χ0) is 16.4. The zero-order valence-corrected chi connectivity index (χ0v) is 13.3. The van der Waals surface area contributed by atoms with Crippen molar-refractivity contribution in [1.29, 1.82) is 0 Å². The Morgan fingerprint density at radius 1 is 1.17 bits per heavy atom. The minimum absolute atomic E-state index is 0.0398. The Hall–Kier alpha value is -2.38. The average molecular weight is 332 g/mol. The van der Waals surface area contributed by atoms with Gasteiger partial charge in [0.25, 0.3) is 5.91 Å². The number of sulfonamides is 1. The molecule has 0 saturated heterocycles. The summed E-state index contributed by atoms with van der Waals surface area (Å²) in [7, 11) is -2.08. The number of likely N-dealkylation sites (N-methyl/N-ethyl adjacent to an activating group) is 1. The smallest absolute Gasteiger partial charge is 0.264 e. The summed E-state index contributed by atoms with van der Waals surface area (Å²) in [4.78, 5) is 13.2. The largest absolute Gasteiger partial charge is 0.482 e. The van der Waals surface area contributed by atoms with Gasteiger partial charge in [0.05, 0.1) is 10.6 Å². The number of ether oxygens (including phenoxy) is 1. The standard InChI is InChI=1S/C16H16N2O4S/c1-18-14-9-13(7-8-15(14)22-11-16(18)19)23(20,21)17-10-12-5-3-2-4-6-12/h2-9,17H,10-11H2,1H3. The molecular formula is C16H16N2O4S. The molecule has 0 aliphatic carbocycles. The molecule has 1 aliphatic rings. The molecule has 7 heteroatoms. The van der Waals surface area contributed by atoms with E-state index in [0.29, 0.717) is 11.4 Å². The lowest BCUT2D eigenvalue weighted by molar-refractivity contribution is -0.120. The average Bonchev–Trinajstić information content (AvgIpc) is 2.57. The summed E-state index contributed by atoms with van der Waals surface area (Å²) < 4.78 is 32.7. The Kier molecular flexibility index (Phi) is 4.06. The molecule has 0 fully saturated rings. The van der Waals surface area contributed by atoms with Crippen molar-refractivity contribution in [1.82, 2.24) is 4.72 Å². The highest BCUT2D eigenvalue weighted by molar-refractivity contribution is 7.89. The third-order valence-corrected chi connectivity index (χ3v) is 5.04. The van der Waals surface area contributed by atoms with Crippen LogP contribution in [-0.4, -0.2) is 28.0 Å². The molecule has 0 aromatic heterocycles. The van der Waals surface area contributed by atoms with Crippen LogP contribution in [-0.2, 0) is 21.4 Å². The first-order valence-electron chi connectivity index (χ1n) is 7.04. The maximum absolute atomic E-state index is 12.4. The molecule has 120 valence electrons. The molecule has 1 N–H and O–H groups in total. The number of rotatable bonds is 4. The minimum Gasteiger partial charge on any atom is -0.482 e. The highest BCUT2D eigenvalue weighted by Gasteiger charge is 2.25. The van der Waals surface area contributed by atoms with Gasteiger partial charge in [0.1, 0.15) is 5.75 Å². The first-order valence-corrected chi connectivity index (χ1v) is 8.53. The van der Waals surface area contributed by atoms with Crippen molar-refractivity contribution < 1.29 is 17.9 Å². The molecule has 0 unspecified atom stereocenters. The van der Waals surface area contributed by atoms with Crippen LogP contribution in [0.3, 0.4) is 0 Å². The molecule has 1 heterocycles. The van der Waals surface area contributed by atoms with Crippen LogP contribution in [0, 0.1) is 0 Å². The summed E-state index contributed by atoms with van der Waals surface area (Å²) in [6.07, 6.45) is 0. The lowest BCUT2D eigenvalue weighted by Gasteiger charge is -2.26. The van der Waals surface area contributed by atoms with Gasteiger partial charge >= 0.3 is 0 Å². The van der Waals surface area contributed by atoms with Gasteiger partial charge in [-0.05, 0) is 23.8 Å². The van der Waals surface area contributed by atoms with Crippen LogP contribution < -0.4 is 14.4 Å². The monoisotopic (exact) mass is 332 g/mol. The van der Waals surface area contributed by atoms with Gasteiger partial charge in [-0.15, -0.1) is 0 Å². The Balaban J connectivity index is 1.84. The second kappa shape index (κ2) is 6.02. The number of hydrogen-bond acceptors (Lipinski definition) is 4. The normalized spacial score (nSPS) is 14.3. The van der Waals surface area contributed by atoms with Gasteiger partial charge in [-0.2, -0.15) is 0 Å². The van der Waals surface area contributed by atoms with E-state index in [9.17, 15) is 13.2 Å². The molecule has 6 nitrogen and oxygen atoms in total. The predicted octanol–water partition coefficient (Wildman–Crippen LogP) is 1.52. The van der Waals surface area contributed by atoms with E-state index in [2.05, 4.69) is 4.72 Å².